The number of carboxylic acid groups (broad SMARTS) is 1. The fraction of sp³-hybridized carbons (Fsp3) is 0.300. The first-order valence-electron chi connectivity index (χ1n) is 13.9. The minimum atomic E-state index is -3.35. The van der Waals surface area contributed by atoms with Crippen molar-refractivity contribution in [1.82, 2.24) is 15.6 Å². The van der Waals surface area contributed by atoms with Crippen LogP contribution in [0.5, 0.6) is 0 Å². The van der Waals surface area contributed by atoms with Gasteiger partial charge in [0.05, 0.1) is 36.1 Å². The van der Waals surface area contributed by atoms with E-state index in [1.807, 2.05) is 0 Å². The monoisotopic (exact) mass is 637 g/mol. The molecule has 4 rings (SSSR count). The van der Waals surface area contributed by atoms with Gasteiger partial charge in [0, 0.05) is 24.3 Å². The summed E-state index contributed by atoms with van der Waals surface area (Å²) in [6.45, 7) is -1.02. The summed E-state index contributed by atoms with van der Waals surface area (Å²) in [5.41, 5.74) is 0.385. The van der Waals surface area contributed by atoms with Gasteiger partial charge in [0.15, 0.2) is 0 Å². The van der Waals surface area contributed by atoms with Crippen LogP contribution in [0.25, 0.3) is 10.8 Å². The van der Waals surface area contributed by atoms with Crippen LogP contribution < -0.4 is 20.4 Å². The van der Waals surface area contributed by atoms with Crippen LogP contribution in [-0.2, 0) is 33.8 Å². The average Bonchev–Trinajstić information content (AvgIpc) is 3.10. The van der Waals surface area contributed by atoms with Gasteiger partial charge in [-0.3, -0.25) is 33.9 Å². The van der Waals surface area contributed by atoms with Gasteiger partial charge in [-0.1, -0.05) is 36.4 Å². The van der Waals surface area contributed by atoms with Gasteiger partial charge in [-0.15, -0.1) is 0 Å². The Labute approximate surface area is 258 Å². The minimum Gasteiger partial charge on any atom is -0.481 e. The molecule has 3 N–H and O–H groups in total. The molecule has 236 valence electrons. The highest BCUT2D eigenvalue weighted by Gasteiger charge is 2.38. The molecule has 4 amide bonds. The number of carbonyl (C=O) groups is 6. The van der Waals surface area contributed by atoms with Gasteiger partial charge in [-0.25, -0.2) is 8.42 Å². The average molecular weight is 638 g/mol. The van der Waals surface area contributed by atoms with Crippen LogP contribution in [0.2, 0.25) is 0 Å². The quantitative estimate of drug-likeness (QED) is 0.237. The number of aromatic nitrogens is 1. The number of carboxylic acids is 1. The van der Waals surface area contributed by atoms with E-state index in [0.717, 1.165) is 16.5 Å². The van der Waals surface area contributed by atoms with E-state index in [9.17, 15) is 37.2 Å². The number of nitrogens with zero attached hydrogens (tertiary/aromatic N) is 3. The number of aldehydes is 1. The molecule has 1 aliphatic rings. The number of amides is 4. The van der Waals surface area contributed by atoms with Crippen LogP contribution in [0.3, 0.4) is 0 Å². The second kappa shape index (κ2) is 14.1. The van der Waals surface area contributed by atoms with Gasteiger partial charge in [0.2, 0.25) is 11.8 Å². The predicted octanol–water partition coefficient (Wildman–Crippen LogP) is 0.696. The molecule has 3 aromatic rings. The predicted molar refractivity (Wildman–Crippen MR) is 163 cm³/mol. The van der Waals surface area contributed by atoms with Gasteiger partial charge in [0.25, 0.3) is 11.8 Å². The molecule has 0 fully saturated rings. The van der Waals surface area contributed by atoms with Crippen molar-refractivity contribution < 1.29 is 42.3 Å². The number of carbonyl (C=O) groups excluding carboxylic acids is 5. The highest BCUT2D eigenvalue weighted by molar-refractivity contribution is 7.90. The first-order chi connectivity index (χ1) is 21.4. The molecule has 0 spiro atoms. The summed E-state index contributed by atoms with van der Waals surface area (Å²) >= 11 is 0. The van der Waals surface area contributed by atoms with Gasteiger partial charge in [-0.2, -0.15) is 0 Å². The molecule has 15 heteroatoms. The molecule has 0 aliphatic carbocycles. The standard InChI is InChI=1S/C30H31N5O9S/c1-45(43,44)14-6-11-26(38)34-16-22(33-29(41)28-21-8-3-2-7-19(21)12-13-31-28)30(42)35(24-10-5-4-9-23(24)34)17-25(37)32-20(18-36)15-27(39)40/h2-5,7-10,12-13,18,20,22H,6,11,14-17H2,1H3,(H,32,37)(H,33,41)(H,39,40)/t20-,22-/m0/s1. The Morgan fingerprint density at radius 3 is 2.44 bits per heavy atom. The number of para-hydroxylation sites is 2. The van der Waals surface area contributed by atoms with Crippen LogP contribution >= 0.6 is 0 Å². The maximum Gasteiger partial charge on any atom is 0.305 e. The lowest BCUT2D eigenvalue weighted by molar-refractivity contribution is -0.139. The van der Waals surface area contributed by atoms with Crippen molar-refractivity contribution in [3.8, 4) is 0 Å². The number of sulfone groups is 1. The normalized spacial score (nSPS) is 15.5. The number of aliphatic carboxylic acids is 1. The maximum absolute atomic E-state index is 14.1. The SMILES string of the molecule is CS(=O)(=O)CCCC(=O)N1C[C@H](NC(=O)c2nccc3ccccc23)C(=O)N(CC(=O)N[C@H](C=O)CC(=O)O)c2ccccc21. The van der Waals surface area contributed by atoms with Crippen molar-refractivity contribution in [1.29, 1.82) is 0 Å². The number of hydrogen-bond acceptors (Lipinski definition) is 9. The fourth-order valence-corrected chi connectivity index (χ4v) is 5.63. The van der Waals surface area contributed by atoms with Gasteiger partial charge in [0.1, 0.15) is 34.4 Å². The first kappa shape index (κ1) is 32.7. The number of pyridine rings is 1. The summed E-state index contributed by atoms with van der Waals surface area (Å²) in [4.78, 5) is 83.0. The van der Waals surface area contributed by atoms with Gasteiger partial charge < -0.3 is 25.4 Å². The molecule has 45 heavy (non-hydrogen) atoms. The summed E-state index contributed by atoms with van der Waals surface area (Å²) in [5, 5.41) is 15.2. The summed E-state index contributed by atoms with van der Waals surface area (Å²) < 4.78 is 23.3. The summed E-state index contributed by atoms with van der Waals surface area (Å²) in [7, 11) is -3.35. The second-order valence-corrected chi connectivity index (χ2v) is 12.7. The summed E-state index contributed by atoms with van der Waals surface area (Å²) in [6, 6.07) is 12.2. The Balaban J connectivity index is 1.70. The van der Waals surface area contributed by atoms with E-state index in [2.05, 4.69) is 15.6 Å². The Morgan fingerprint density at radius 1 is 1.07 bits per heavy atom. The largest absolute Gasteiger partial charge is 0.481 e. The van der Waals surface area contributed by atoms with E-state index >= 15 is 0 Å². The van der Waals surface area contributed by atoms with E-state index in [1.165, 1.54) is 23.2 Å². The number of fused-ring (bicyclic) bond motifs is 2. The highest BCUT2D eigenvalue weighted by atomic mass is 32.2. The second-order valence-electron chi connectivity index (χ2n) is 10.5. The zero-order valence-corrected chi connectivity index (χ0v) is 25.0. The van der Waals surface area contributed by atoms with E-state index in [0.29, 0.717) is 5.39 Å². The number of anilines is 2. The highest BCUT2D eigenvalue weighted by Crippen LogP contribution is 2.33. The molecule has 1 aliphatic heterocycles. The Morgan fingerprint density at radius 2 is 1.76 bits per heavy atom. The van der Waals surface area contributed by atoms with Crippen molar-refractivity contribution in [3.63, 3.8) is 0 Å². The lowest BCUT2D eigenvalue weighted by atomic mass is 10.1. The minimum absolute atomic E-state index is 0.0179. The lowest BCUT2D eigenvalue weighted by Crippen LogP contribution is -2.55. The zero-order chi connectivity index (χ0) is 32.7. The smallest absolute Gasteiger partial charge is 0.305 e. The molecular formula is C30H31N5O9S. The molecule has 0 radical (unpaired) electrons. The van der Waals surface area contributed by atoms with Crippen LogP contribution in [0.15, 0.2) is 60.8 Å². The molecule has 2 aromatic carbocycles. The van der Waals surface area contributed by atoms with Gasteiger partial charge >= 0.3 is 5.97 Å². The Bertz CT molecular complexity index is 1760. The molecule has 0 saturated carbocycles. The number of rotatable bonds is 12. The third-order valence-corrected chi connectivity index (χ3v) is 8.03. The Hall–Kier alpha value is -5.18. The Kier molecular flexibility index (Phi) is 10.2. The van der Waals surface area contributed by atoms with Crippen LogP contribution in [0.1, 0.15) is 29.8 Å². The van der Waals surface area contributed by atoms with Crippen molar-refractivity contribution >= 4 is 67.9 Å². The van der Waals surface area contributed by atoms with E-state index in [1.54, 1.807) is 42.5 Å². The van der Waals surface area contributed by atoms with Gasteiger partial charge in [-0.05, 0) is 30.0 Å². The van der Waals surface area contributed by atoms with Crippen LogP contribution in [0, 0.1) is 0 Å². The molecule has 0 bridgehead atoms. The summed E-state index contributed by atoms with van der Waals surface area (Å²) in [6.07, 6.45) is 1.92. The third-order valence-electron chi connectivity index (χ3n) is 7.00. The topological polar surface area (TPSA) is 200 Å². The van der Waals surface area contributed by atoms with E-state index in [4.69, 9.17) is 5.11 Å². The van der Waals surface area contributed by atoms with Crippen molar-refractivity contribution in [2.24, 2.45) is 0 Å². The molecule has 0 saturated heterocycles. The fourth-order valence-electron chi connectivity index (χ4n) is 4.96. The molecular weight excluding hydrogens is 606 g/mol. The zero-order valence-electron chi connectivity index (χ0n) is 24.2. The van der Waals surface area contributed by atoms with Crippen molar-refractivity contribution in [3.05, 3.63) is 66.5 Å². The molecule has 1 aromatic heterocycles. The number of hydrogen-bond donors (Lipinski definition) is 3. The molecule has 14 nitrogen and oxygen atoms in total. The molecule has 2 heterocycles. The third kappa shape index (κ3) is 8.26. The van der Waals surface area contributed by atoms with Crippen LogP contribution in [0.4, 0.5) is 11.4 Å². The van der Waals surface area contributed by atoms with E-state index < -0.39 is 64.5 Å². The first-order valence-corrected chi connectivity index (χ1v) is 15.9. The molecule has 2 atom stereocenters. The van der Waals surface area contributed by atoms with Crippen molar-refractivity contribution in [2.45, 2.75) is 31.3 Å². The number of benzene rings is 2. The summed E-state index contributed by atoms with van der Waals surface area (Å²) in [5.74, 6) is -4.41. The molecule has 0 unspecified atom stereocenters. The van der Waals surface area contributed by atoms with Crippen LogP contribution in [-0.4, -0.2) is 91.6 Å². The van der Waals surface area contributed by atoms with E-state index in [-0.39, 0.29) is 48.5 Å². The number of nitrogens with one attached hydrogen (secondary N) is 2. The maximum atomic E-state index is 14.1. The van der Waals surface area contributed by atoms with Crippen molar-refractivity contribution in [2.75, 3.05) is 34.9 Å². The lowest BCUT2D eigenvalue weighted by Gasteiger charge is -2.25.